The van der Waals surface area contributed by atoms with Crippen molar-refractivity contribution in [2.45, 2.75) is 13.8 Å². The number of carbonyl (C=O) groups excluding carboxylic acids is 1. The summed E-state index contributed by atoms with van der Waals surface area (Å²) >= 11 is 0. The molecule has 0 aromatic carbocycles. The largest absolute Gasteiger partial charge is 0.337 e. The first-order valence-corrected chi connectivity index (χ1v) is 6.15. The quantitative estimate of drug-likeness (QED) is 0.647. The molecule has 0 aliphatic rings. The molecular weight excluding hydrogens is 206 g/mol. The zero-order valence-electron chi connectivity index (χ0n) is 8.49. The summed E-state index contributed by atoms with van der Waals surface area (Å²) in [5, 5.41) is 7.24. The summed E-state index contributed by atoms with van der Waals surface area (Å²) in [6.07, 6.45) is 0. The normalized spacial score (nSPS) is 11.1. The monoisotopic (exact) mass is 223 g/mol. The third-order valence-corrected chi connectivity index (χ3v) is 2.49. The lowest BCUT2D eigenvalue weighted by molar-refractivity contribution is 0.204. The van der Waals surface area contributed by atoms with Crippen LogP contribution in [0.1, 0.15) is 13.8 Å². The Bertz CT molecular complexity index is 272. The van der Waals surface area contributed by atoms with Crippen LogP contribution in [-0.2, 0) is 10.0 Å². The van der Waals surface area contributed by atoms with E-state index in [1.807, 2.05) is 13.8 Å². The number of sulfonamides is 1. The van der Waals surface area contributed by atoms with Gasteiger partial charge in [-0.05, 0) is 13.8 Å². The van der Waals surface area contributed by atoms with Gasteiger partial charge in [0.2, 0.25) is 10.0 Å². The van der Waals surface area contributed by atoms with Gasteiger partial charge in [0, 0.05) is 19.6 Å². The molecule has 0 aliphatic carbocycles. The standard InChI is InChI=1S/C7H17N3O3S/c1-3-10(4-2)7(11)9-5-6-14(8,12)13/h3-6H2,1-2H3,(H,9,11)(H2,8,12,13). The molecule has 0 heterocycles. The topological polar surface area (TPSA) is 92.5 Å². The first-order chi connectivity index (χ1) is 6.40. The second-order valence-electron chi connectivity index (χ2n) is 2.77. The molecule has 0 saturated carbocycles. The predicted octanol–water partition coefficient (Wildman–Crippen LogP) is -0.674. The molecule has 0 bridgehead atoms. The van der Waals surface area contributed by atoms with Crippen LogP contribution >= 0.6 is 0 Å². The van der Waals surface area contributed by atoms with E-state index in [1.165, 1.54) is 0 Å². The Hall–Kier alpha value is -0.820. The number of nitrogens with zero attached hydrogens (tertiary/aromatic N) is 1. The van der Waals surface area contributed by atoms with Crippen LogP contribution in [0.3, 0.4) is 0 Å². The number of hydrogen-bond acceptors (Lipinski definition) is 3. The van der Waals surface area contributed by atoms with Gasteiger partial charge in [-0.15, -0.1) is 0 Å². The maximum Gasteiger partial charge on any atom is 0.317 e. The van der Waals surface area contributed by atoms with Gasteiger partial charge < -0.3 is 10.2 Å². The minimum atomic E-state index is -3.49. The van der Waals surface area contributed by atoms with Gasteiger partial charge in [0.25, 0.3) is 0 Å². The lowest BCUT2D eigenvalue weighted by Gasteiger charge is -2.18. The summed E-state index contributed by atoms with van der Waals surface area (Å²) in [4.78, 5) is 12.8. The number of hydrogen-bond donors (Lipinski definition) is 2. The van der Waals surface area contributed by atoms with Gasteiger partial charge in [0.05, 0.1) is 5.75 Å². The second-order valence-corrected chi connectivity index (χ2v) is 4.51. The van der Waals surface area contributed by atoms with E-state index >= 15 is 0 Å². The van der Waals surface area contributed by atoms with Crippen molar-refractivity contribution >= 4 is 16.1 Å². The summed E-state index contributed by atoms with van der Waals surface area (Å²) in [5.41, 5.74) is 0. The fourth-order valence-electron chi connectivity index (χ4n) is 0.923. The van der Waals surface area contributed by atoms with Gasteiger partial charge in [-0.25, -0.2) is 18.4 Å². The van der Waals surface area contributed by atoms with E-state index in [1.54, 1.807) is 4.90 Å². The Morgan fingerprint density at radius 1 is 1.36 bits per heavy atom. The van der Waals surface area contributed by atoms with E-state index in [2.05, 4.69) is 5.32 Å². The SMILES string of the molecule is CCN(CC)C(=O)NCCS(N)(=O)=O. The van der Waals surface area contributed by atoms with E-state index in [0.717, 1.165) is 0 Å². The van der Waals surface area contributed by atoms with Gasteiger partial charge in [0.15, 0.2) is 0 Å². The molecule has 0 aliphatic heterocycles. The molecule has 7 heteroatoms. The highest BCUT2D eigenvalue weighted by molar-refractivity contribution is 7.89. The molecule has 0 aromatic heterocycles. The predicted molar refractivity (Wildman–Crippen MR) is 54.3 cm³/mol. The Morgan fingerprint density at radius 2 is 1.86 bits per heavy atom. The first kappa shape index (κ1) is 13.2. The molecule has 0 aromatic rings. The molecular formula is C7H17N3O3S. The van der Waals surface area contributed by atoms with E-state index in [0.29, 0.717) is 13.1 Å². The maximum atomic E-state index is 11.3. The number of primary sulfonamides is 1. The fraction of sp³-hybridized carbons (Fsp3) is 0.857. The van der Waals surface area contributed by atoms with Crippen molar-refractivity contribution in [3.05, 3.63) is 0 Å². The van der Waals surface area contributed by atoms with Crippen molar-refractivity contribution in [3.63, 3.8) is 0 Å². The van der Waals surface area contributed by atoms with Gasteiger partial charge in [-0.2, -0.15) is 0 Å². The van der Waals surface area contributed by atoms with E-state index in [9.17, 15) is 13.2 Å². The maximum absolute atomic E-state index is 11.3. The lowest BCUT2D eigenvalue weighted by atomic mass is 10.5. The average molecular weight is 223 g/mol. The molecule has 0 radical (unpaired) electrons. The molecule has 84 valence electrons. The number of urea groups is 1. The summed E-state index contributed by atoms with van der Waals surface area (Å²) in [7, 11) is -3.49. The molecule has 0 atom stereocenters. The van der Waals surface area contributed by atoms with Crippen molar-refractivity contribution in [3.8, 4) is 0 Å². The number of rotatable bonds is 5. The van der Waals surface area contributed by atoms with Crippen molar-refractivity contribution in [1.82, 2.24) is 10.2 Å². The van der Waals surface area contributed by atoms with E-state index < -0.39 is 10.0 Å². The zero-order chi connectivity index (χ0) is 11.2. The van der Waals surface area contributed by atoms with Crippen molar-refractivity contribution in [2.75, 3.05) is 25.4 Å². The summed E-state index contributed by atoms with van der Waals surface area (Å²) in [6.45, 7) is 4.94. The summed E-state index contributed by atoms with van der Waals surface area (Å²) < 4.78 is 21.1. The summed E-state index contributed by atoms with van der Waals surface area (Å²) in [5.74, 6) is -0.236. The van der Waals surface area contributed by atoms with Crippen LogP contribution in [0.4, 0.5) is 4.79 Å². The zero-order valence-corrected chi connectivity index (χ0v) is 9.30. The van der Waals surface area contributed by atoms with Crippen LogP contribution in [0.15, 0.2) is 0 Å². The van der Waals surface area contributed by atoms with Crippen LogP contribution < -0.4 is 10.5 Å². The Balaban J connectivity index is 3.85. The van der Waals surface area contributed by atoms with Gasteiger partial charge in [-0.1, -0.05) is 0 Å². The van der Waals surface area contributed by atoms with Crippen LogP contribution in [-0.4, -0.2) is 44.7 Å². The molecule has 0 saturated heterocycles. The molecule has 0 fully saturated rings. The van der Waals surface area contributed by atoms with Crippen LogP contribution in [0.2, 0.25) is 0 Å². The van der Waals surface area contributed by atoms with Crippen molar-refractivity contribution < 1.29 is 13.2 Å². The highest BCUT2D eigenvalue weighted by atomic mass is 32.2. The second kappa shape index (κ2) is 5.82. The van der Waals surface area contributed by atoms with Crippen LogP contribution in [0.5, 0.6) is 0 Å². The molecule has 6 nitrogen and oxygen atoms in total. The highest BCUT2D eigenvalue weighted by Crippen LogP contribution is 1.87. The van der Waals surface area contributed by atoms with Gasteiger partial charge in [0.1, 0.15) is 0 Å². The van der Waals surface area contributed by atoms with Crippen molar-refractivity contribution in [2.24, 2.45) is 5.14 Å². The number of nitrogens with one attached hydrogen (secondary N) is 1. The minimum Gasteiger partial charge on any atom is -0.337 e. The summed E-state index contributed by atoms with van der Waals surface area (Å²) in [6, 6.07) is -0.265. The molecule has 0 spiro atoms. The number of nitrogens with two attached hydrogens (primary N) is 1. The van der Waals surface area contributed by atoms with Crippen LogP contribution in [0.25, 0.3) is 0 Å². The highest BCUT2D eigenvalue weighted by Gasteiger charge is 2.09. The van der Waals surface area contributed by atoms with Crippen molar-refractivity contribution in [1.29, 1.82) is 0 Å². The minimum absolute atomic E-state index is 0.0498. The van der Waals surface area contributed by atoms with E-state index in [-0.39, 0.29) is 18.3 Å². The van der Waals surface area contributed by atoms with Gasteiger partial charge in [-0.3, -0.25) is 0 Å². The molecule has 3 N–H and O–H groups in total. The molecule has 0 unspecified atom stereocenters. The lowest BCUT2D eigenvalue weighted by Crippen LogP contribution is -2.41. The first-order valence-electron chi connectivity index (χ1n) is 4.44. The average Bonchev–Trinajstić information content (AvgIpc) is 2.04. The number of carbonyl (C=O) groups is 1. The van der Waals surface area contributed by atoms with E-state index in [4.69, 9.17) is 5.14 Å². The smallest absolute Gasteiger partial charge is 0.317 e. The third-order valence-electron chi connectivity index (χ3n) is 1.71. The third kappa shape index (κ3) is 5.76. The molecule has 2 amide bonds. The molecule has 14 heavy (non-hydrogen) atoms. The molecule has 0 rings (SSSR count). The number of amides is 2. The Kier molecular flexibility index (Phi) is 5.47. The fourth-order valence-corrected chi connectivity index (χ4v) is 1.31. The van der Waals surface area contributed by atoms with Gasteiger partial charge >= 0.3 is 6.03 Å². The Labute approximate surface area is 84.5 Å². The Morgan fingerprint density at radius 3 is 2.21 bits per heavy atom. The van der Waals surface area contributed by atoms with Crippen LogP contribution in [0, 0.1) is 0 Å².